The van der Waals surface area contributed by atoms with Gasteiger partial charge in [-0.15, -0.1) is 0 Å². The Hall–Kier alpha value is -2.17. The second-order valence-electron chi connectivity index (χ2n) is 5.49. The minimum absolute atomic E-state index is 0.00982. The molecule has 0 amide bonds. The highest BCUT2D eigenvalue weighted by Crippen LogP contribution is 2.39. The van der Waals surface area contributed by atoms with Crippen LogP contribution in [-0.4, -0.2) is 7.11 Å². The fourth-order valence-corrected chi connectivity index (χ4v) is 2.89. The standard InChI is InChI=1S/C17H16F3NO/c1-10-7-13(22-2)4-5-14(10)16-9-11-8-12(17(18,19)20)3-6-15(11)21-16/h3-8,16,21H,9H2,1-2H3. The van der Waals surface area contributed by atoms with Gasteiger partial charge in [0.1, 0.15) is 5.75 Å². The van der Waals surface area contributed by atoms with E-state index in [0.717, 1.165) is 28.6 Å². The zero-order valence-electron chi connectivity index (χ0n) is 12.3. The van der Waals surface area contributed by atoms with Crippen LogP contribution < -0.4 is 10.1 Å². The summed E-state index contributed by atoms with van der Waals surface area (Å²) >= 11 is 0. The molecule has 1 heterocycles. The number of benzene rings is 2. The Bertz CT molecular complexity index is 710. The van der Waals surface area contributed by atoms with E-state index in [9.17, 15) is 13.2 Å². The number of nitrogens with one attached hydrogen (secondary N) is 1. The van der Waals surface area contributed by atoms with E-state index < -0.39 is 11.7 Å². The topological polar surface area (TPSA) is 21.3 Å². The number of rotatable bonds is 2. The fraction of sp³-hybridized carbons (Fsp3) is 0.294. The van der Waals surface area contributed by atoms with Gasteiger partial charge in [-0.05, 0) is 60.4 Å². The quantitative estimate of drug-likeness (QED) is 0.866. The van der Waals surface area contributed by atoms with Gasteiger partial charge in [-0.25, -0.2) is 0 Å². The molecule has 2 aromatic rings. The molecule has 0 saturated heterocycles. The molecule has 0 fully saturated rings. The van der Waals surface area contributed by atoms with Crippen molar-refractivity contribution in [2.75, 3.05) is 12.4 Å². The molecule has 0 aromatic heterocycles. The van der Waals surface area contributed by atoms with E-state index in [0.29, 0.717) is 12.0 Å². The molecule has 2 nitrogen and oxygen atoms in total. The van der Waals surface area contributed by atoms with Crippen LogP contribution in [0.25, 0.3) is 0 Å². The first-order valence-electron chi connectivity index (χ1n) is 6.99. The van der Waals surface area contributed by atoms with Crippen molar-refractivity contribution < 1.29 is 17.9 Å². The van der Waals surface area contributed by atoms with Crippen molar-refractivity contribution in [3.05, 3.63) is 58.7 Å². The second kappa shape index (κ2) is 5.23. The monoisotopic (exact) mass is 307 g/mol. The third-order valence-corrected chi connectivity index (χ3v) is 4.04. The molecule has 5 heteroatoms. The molecule has 22 heavy (non-hydrogen) atoms. The summed E-state index contributed by atoms with van der Waals surface area (Å²) in [6, 6.07) is 9.62. The summed E-state index contributed by atoms with van der Waals surface area (Å²) in [6.45, 7) is 1.98. The van der Waals surface area contributed by atoms with E-state index in [2.05, 4.69) is 5.32 Å². The largest absolute Gasteiger partial charge is 0.497 e. The van der Waals surface area contributed by atoms with Crippen molar-refractivity contribution in [1.29, 1.82) is 0 Å². The van der Waals surface area contributed by atoms with Crippen LogP contribution in [-0.2, 0) is 12.6 Å². The molecular weight excluding hydrogens is 291 g/mol. The third kappa shape index (κ3) is 2.63. The van der Waals surface area contributed by atoms with E-state index in [1.165, 1.54) is 12.1 Å². The first-order valence-corrected chi connectivity index (χ1v) is 6.99. The number of anilines is 1. The lowest BCUT2D eigenvalue weighted by molar-refractivity contribution is -0.137. The molecular formula is C17H16F3NO. The first-order chi connectivity index (χ1) is 10.4. The molecule has 1 unspecified atom stereocenters. The average Bonchev–Trinajstić information content (AvgIpc) is 2.88. The Balaban J connectivity index is 1.88. The zero-order chi connectivity index (χ0) is 15.9. The molecule has 1 aliphatic rings. The Morgan fingerprint density at radius 3 is 2.55 bits per heavy atom. The maximum Gasteiger partial charge on any atom is 0.416 e. The van der Waals surface area contributed by atoms with Crippen LogP contribution >= 0.6 is 0 Å². The van der Waals surface area contributed by atoms with Crippen LogP contribution in [0.3, 0.4) is 0 Å². The summed E-state index contributed by atoms with van der Waals surface area (Å²) in [6.07, 6.45) is -3.75. The fourth-order valence-electron chi connectivity index (χ4n) is 2.89. The van der Waals surface area contributed by atoms with Crippen molar-refractivity contribution in [2.45, 2.75) is 25.6 Å². The molecule has 1 atom stereocenters. The number of halogens is 3. The van der Waals surface area contributed by atoms with Gasteiger partial charge in [0.2, 0.25) is 0 Å². The number of hydrogen-bond donors (Lipinski definition) is 1. The van der Waals surface area contributed by atoms with Crippen molar-refractivity contribution in [3.8, 4) is 5.75 Å². The van der Waals surface area contributed by atoms with Crippen LogP contribution in [0.15, 0.2) is 36.4 Å². The average molecular weight is 307 g/mol. The van der Waals surface area contributed by atoms with Gasteiger partial charge in [-0.3, -0.25) is 0 Å². The normalized spacial score (nSPS) is 17.0. The van der Waals surface area contributed by atoms with Crippen LogP contribution in [0.5, 0.6) is 5.75 Å². The lowest BCUT2D eigenvalue weighted by atomic mass is 9.98. The molecule has 2 aromatic carbocycles. The number of aryl methyl sites for hydroxylation is 1. The van der Waals surface area contributed by atoms with E-state index >= 15 is 0 Å². The Morgan fingerprint density at radius 1 is 1.14 bits per heavy atom. The maximum atomic E-state index is 12.8. The van der Waals surface area contributed by atoms with Crippen molar-refractivity contribution in [1.82, 2.24) is 0 Å². The Labute approximate surface area is 126 Å². The molecule has 116 valence electrons. The summed E-state index contributed by atoms with van der Waals surface area (Å²) in [5.41, 5.74) is 3.01. The first kappa shape index (κ1) is 14.8. The summed E-state index contributed by atoms with van der Waals surface area (Å²) in [5, 5.41) is 3.30. The van der Waals surface area contributed by atoms with Gasteiger partial charge in [0.25, 0.3) is 0 Å². The minimum atomic E-state index is -4.30. The highest BCUT2D eigenvalue weighted by atomic mass is 19.4. The zero-order valence-corrected chi connectivity index (χ0v) is 12.3. The molecule has 1 N–H and O–H groups in total. The number of methoxy groups -OCH3 is 1. The number of alkyl halides is 3. The summed E-state index contributed by atoms with van der Waals surface area (Å²) in [7, 11) is 1.61. The third-order valence-electron chi connectivity index (χ3n) is 4.04. The van der Waals surface area contributed by atoms with Gasteiger partial charge in [0.05, 0.1) is 18.7 Å². The SMILES string of the molecule is COc1ccc(C2Cc3cc(C(F)(F)F)ccc3N2)c(C)c1. The van der Waals surface area contributed by atoms with E-state index in [-0.39, 0.29) is 6.04 Å². The molecule has 0 saturated carbocycles. The van der Waals surface area contributed by atoms with Crippen LogP contribution in [0, 0.1) is 6.92 Å². The number of fused-ring (bicyclic) bond motifs is 1. The smallest absolute Gasteiger partial charge is 0.416 e. The lowest BCUT2D eigenvalue weighted by Crippen LogP contribution is -2.07. The predicted octanol–water partition coefficient (Wildman–Crippen LogP) is 4.73. The summed E-state index contributed by atoms with van der Waals surface area (Å²) in [5.74, 6) is 0.774. The number of hydrogen-bond acceptors (Lipinski definition) is 2. The van der Waals surface area contributed by atoms with Crippen molar-refractivity contribution in [2.24, 2.45) is 0 Å². The maximum absolute atomic E-state index is 12.8. The van der Waals surface area contributed by atoms with Gasteiger partial charge in [0, 0.05) is 5.69 Å². The minimum Gasteiger partial charge on any atom is -0.497 e. The van der Waals surface area contributed by atoms with Crippen molar-refractivity contribution in [3.63, 3.8) is 0 Å². The van der Waals surface area contributed by atoms with Crippen molar-refractivity contribution >= 4 is 5.69 Å². The molecule has 0 bridgehead atoms. The second-order valence-corrected chi connectivity index (χ2v) is 5.49. The summed E-state index contributed by atoms with van der Waals surface area (Å²) < 4.78 is 43.6. The summed E-state index contributed by atoms with van der Waals surface area (Å²) in [4.78, 5) is 0. The predicted molar refractivity (Wildman–Crippen MR) is 79.2 cm³/mol. The molecule has 0 spiro atoms. The van der Waals surface area contributed by atoms with E-state index in [4.69, 9.17) is 4.74 Å². The van der Waals surface area contributed by atoms with E-state index in [1.54, 1.807) is 7.11 Å². The van der Waals surface area contributed by atoms with Gasteiger partial charge < -0.3 is 10.1 Å². The molecule has 0 aliphatic carbocycles. The van der Waals surface area contributed by atoms with Gasteiger partial charge >= 0.3 is 6.18 Å². The van der Waals surface area contributed by atoms with Crippen LogP contribution in [0.4, 0.5) is 18.9 Å². The van der Waals surface area contributed by atoms with Crippen LogP contribution in [0.2, 0.25) is 0 Å². The molecule has 1 aliphatic heterocycles. The van der Waals surface area contributed by atoms with Gasteiger partial charge in [0.15, 0.2) is 0 Å². The lowest BCUT2D eigenvalue weighted by Gasteiger charge is -2.15. The Morgan fingerprint density at radius 2 is 1.91 bits per heavy atom. The van der Waals surface area contributed by atoms with E-state index in [1.807, 2.05) is 25.1 Å². The number of ether oxygens (including phenoxy) is 1. The molecule has 0 radical (unpaired) electrons. The highest BCUT2D eigenvalue weighted by molar-refractivity contribution is 5.60. The molecule has 3 rings (SSSR count). The highest BCUT2D eigenvalue weighted by Gasteiger charge is 2.32. The van der Waals surface area contributed by atoms with Crippen LogP contribution in [0.1, 0.15) is 28.3 Å². The van der Waals surface area contributed by atoms with Gasteiger partial charge in [-0.1, -0.05) is 6.07 Å². The van der Waals surface area contributed by atoms with Gasteiger partial charge in [-0.2, -0.15) is 13.2 Å². The Kier molecular flexibility index (Phi) is 3.51.